The molecule has 0 saturated heterocycles. The fourth-order valence-corrected chi connectivity index (χ4v) is 3.51. The molecule has 0 aliphatic heterocycles. The van der Waals surface area contributed by atoms with Gasteiger partial charge in [-0.3, -0.25) is 0 Å². The van der Waals surface area contributed by atoms with Crippen LogP contribution in [0.5, 0.6) is 5.75 Å². The fourth-order valence-electron chi connectivity index (χ4n) is 3.51. The van der Waals surface area contributed by atoms with Crippen molar-refractivity contribution in [3.05, 3.63) is 42.0 Å². The molecule has 0 spiro atoms. The first-order valence-corrected chi connectivity index (χ1v) is 7.78. The molecule has 2 aromatic rings. The number of aliphatic hydroxyl groups is 1. The normalized spacial score (nSPS) is 23.5. The average Bonchev–Trinajstić information content (AvgIpc) is 2.95. The van der Waals surface area contributed by atoms with Crippen molar-refractivity contribution < 1.29 is 10.2 Å². The maximum absolute atomic E-state index is 10.5. The van der Waals surface area contributed by atoms with Gasteiger partial charge in [0.15, 0.2) is 0 Å². The lowest BCUT2D eigenvalue weighted by Crippen LogP contribution is -2.35. The Labute approximate surface area is 125 Å². The molecule has 3 atom stereocenters. The Kier molecular flexibility index (Phi) is 4.13. The van der Waals surface area contributed by atoms with Gasteiger partial charge in [-0.2, -0.15) is 0 Å². The third-order valence-corrected chi connectivity index (χ3v) is 4.76. The fraction of sp³-hybridized carbons (Fsp3) is 0.444. The van der Waals surface area contributed by atoms with Crippen LogP contribution >= 0.6 is 0 Å². The second-order valence-electron chi connectivity index (χ2n) is 6.09. The summed E-state index contributed by atoms with van der Waals surface area (Å²) in [5, 5.41) is 25.5. The molecule has 1 saturated carbocycles. The second kappa shape index (κ2) is 6.04. The Balaban J connectivity index is 1.84. The summed E-state index contributed by atoms with van der Waals surface area (Å²) in [7, 11) is 0. The number of aliphatic hydroxyl groups excluding tert-OH is 1. The summed E-state index contributed by atoms with van der Waals surface area (Å²) in [5.74, 6) is 0.710. The molecule has 112 valence electrons. The molecule has 0 bridgehead atoms. The highest BCUT2D eigenvalue weighted by Crippen LogP contribution is 2.34. The Morgan fingerprint density at radius 3 is 2.81 bits per heavy atom. The lowest BCUT2D eigenvalue weighted by atomic mass is 9.98. The van der Waals surface area contributed by atoms with E-state index in [1.807, 2.05) is 30.3 Å². The molecule has 0 radical (unpaired) electrons. The number of aromatic hydroxyl groups is 1. The van der Waals surface area contributed by atoms with E-state index in [9.17, 15) is 10.2 Å². The summed E-state index contributed by atoms with van der Waals surface area (Å²) < 4.78 is 0. The van der Waals surface area contributed by atoms with E-state index in [0.29, 0.717) is 17.7 Å². The van der Waals surface area contributed by atoms with Crippen molar-refractivity contribution >= 4 is 10.8 Å². The number of fused-ring (bicyclic) bond motifs is 1. The number of phenolic OH excluding ortho intramolecular Hbond substituents is 1. The van der Waals surface area contributed by atoms with Gasteiger partial charge >= 0.3 is 0 Å². The third kappa shape index (κ3) is 2.76. The van der Waals surface area contributed by atoms with Gasteiger partial charge in [-0.05, 0) is 31.1 Å². The predicted molar refractivity (Wildman–Crippen MR) is 85.4 cm³/mol. The van der Waals surface area contributed by atoms with Crippen LogP contribution in [-0.4, -0.2) is 22.9 Å². The van der Waals surface area contributed by atoms with Gasteiger partial charge in [0, 0.05) is 29.6 Å². The Bertz CT molecular complexity index is 626. The largest absolute Gasteiger partial charge is 0.507 e. The highest BCUT2D eigenvalue weighted by molar-refractivity contribution is 5.89. The minimum absolute atomic E-state index is 0.0757. The van der Waals surface area contributed by atoms with Crippen LogP contribution in [0.2, 0.25) is 0 Å². The molecule has 2 aromatic carbocycles. The van der Waals surface area contributed by atoms with E-state index in [2.05, 4.69) is 18.3 Å². The van der Waals surface area contributed by atoms with Crippen LogP contribution in [0.1, 0.15) is 37.8 Å². The minimum Gasteiger partial charge on any atom is -0.507 e. The topological polar surface area (TPSA) is 52.5 Å². The van der Waals surface area contributed by atoms with Crippen LogP contribution in [0, 0.1) is 5.92 Å². The molecule has 0 heterocycles. The first-order chi connectivity index (χ1) is 10.2. The number of phenols is 1. The standard InChI is InChI=1S/C18H23NO2/c1-12(19-17-8-4-6-14(17)11-20)15-10-9-13-5-2-3-7-16(13)18(15)21/h2-3,5,7,9-10,12,14,17,19-21H,4,6,8,11H2,1H3. The zero-order valence-corrected chi connectivity index (χ0v) is 12.4. The Hall–Kier alpha value is -1.58. The van der Waals surface area contributed by atoms with Crippen LogP contribution in [-0.2, 0) is 0 Å². The van der Waals surface area contributed by atoms with Crippen LogP contribution in [0.15, 0.2) is 36.4 Å². The number of rotatable bonds is 4. The van der Waals surface area contributed by atoms with E-state index in [1.165, 1.54) is 6.42 Å². The van der Waals surface area contributed by atoms with E-state index in [4.69, 9.17) is 0 Å². The number of nitrogens with one attached hydrogen (secondary N) is 1. The zero-order valence-electron chi connectivity index (χ0n) is 12.4. The molecule has 3 heteroatoms. The van der Waals surface area contributed by atoms with E-state index in [0.717, 1.165) is 29.2 Å². The van der Waals surface area contributed by atoms with Crippen molar-refractivity contribution in [2.45, 2.75) is 38.3 Å². The maximum Gasteiger partial charge on any atom is 0.128 e. The summed E-state index contributed by atoms with van der Waals surface area (Å²) in [4.78, 5) is 0. The molecule has 1 aliphatic rings. The Morgan fingerprint density at radius 2 is 2.00 bits per heavy atom. The van der Waals surface area contributed by atoms with Crippen molar-refractivity contribution in [2.75, 3.05) is 6.61 Å². The van der Waals surface area contributed by atoms with Crippen LogP contribution < -0.4 is 5.32 Å². The lowest BCUT2D eigenvalue weighted by Gasteiger charge is -2.25. The van der Waals surface area contributed by atoms with E-state index < -0.39 is 0 Å². The molecule has 3 nitrogen and oxygen atoms in total. The van der Waals surface area contributed by atoms with Crippen molar-refractivity contribution in [3.63, 3.8) is 0 Å². The molecule has 3 rings (SSSR count). The van der Waals surface area contributed by atoms with E-state index >= 15 is 0 Å². The quantitative estimate of drug-likeness (QED) is 0.807. The van der Waals surface area contributed by atoms with Crippen LogP contribution in [0.4, 0.5) is 0 Å². The summed E-state index contributed by atoms with van der Waals surface area (Å²) >= 11 is 0. The first-order valence-electron chi connectivity index (χ1n) is 7.78. The molecular weight excluding hydrogens is 262 g/mol. The average molecular weight is 285 g/mol. The highest BCUT2D eigenvalue weighted by Gasteiger charge is 2.28. The molecule has 1 fully saturated rings. The molecule has 1 aliphatic carbocycles. The highest BCUT2D eigenvalue weighted by atomic mass is 16.3. The predicted octanol–water partition coefficient (Wildman–Crippen LogP) is 3.36. The monoisotopic (exact) mass is 285 g/mol. The number of hydrogen-bond donors (Lipinski definition) is 3. The lowest BCUT2D eigenvalue weighted by molar-refractivity contribution is 0.200. The van der Waals surface area contributed by atoms with Gasteiger partial charge < -0.3 is 15.5 Å². The third-order valence-electron chi connectivity index (χ3n) is 4.76. The first kappa shape index (κ1) is 14.4. The van der Waals surface area contributed by atoms with Gasteiger partial charge in [-0.25, -0.2) is 0 Å². The van der Waals surface area contributed by atoms with Gasteiger partial charge in [-0.1, -0.05) is 42.8 Å². The number of benzene rings is 2. The van der Waals surface area contributed by atoms with Gasteiger partial charge in [0.05, 0.1) is 0 Å². The summed E-state index contributed by atoms with van der Waals surface area (Å²) in [6.45, 7) is 2.32. The summed E-state index contributed by atoms with van der Waals surface area (Å²) in [6.07, 6.45) is 3.35. The molecule has 21 heavy (non-hydrogen) atoms. The maximum atomic E-state index is 10.5. The Morgan fingerprint density at radius 1 is 1.19 bits per heavy atom. The van der Waals surface area contributed by atoms with Gasteiger partial charge in [0.2, 0.25) is 0 Å². The minimum atomic E-state index is 0.0757. The van der Waals surface area contributed by atoms with Crippen molar-refractivity contribution in [2.24, 2.45) is 5.92 Å². The molecule has 0 amide bonds. The van der Waals surface area contributed by atoms with Crippen molar-refractivity contribution in [1.29, 1.82) is 0 Å². The molecule has 0 aromatic heterocycles. The van der Waals surface area contributed by atoms with Gasteiger partial charge in [-0.15, -0.1) is 0 Å². The van der Waals surface area contributed by atoms with E-state index in [-0.39, 0.29) is 12.6 Å². The SMILES string of the molecule is CC(NC1CCCC1CO)c1ccc2ccccc2c1O. The van der Waals surface area contributed by atoms with Crippen molar-refractivity contribution in [1.82, 2.24) is 5.32 Å². The van der Waals surface area contributed by atoms with Gasteiger partial charge in [0.25, 0.3) is 0 Å². The van der Waals surface area contributed by atoms with E-state index in [1.54, 1.807) is 0 Å². The molecule has 3 N–H and O–H groups in total. The van der Waals surface area contributed by atoms with Crippen LogP contribution in [0.3, 0.4) is 0 Å². The van der Waals surface area contributed by atoms with Crippen LogP contribution in [0.25, 0.3) is 10.8 Å². The smallest absolute Gasteiger partial charge is 0.128 e. The molecular formula is C18H23NO2. The number of hydrogen-bond acceptors (Lipinski definition) is 3. The zero-order chi connectivity index (χ0) is 14.8. The van der Waals surface area contributed by atoms with Crippen molar-refractivity contribution in [3.8, 4) is 5.75 Å². The summed E-state index contributed by atoms with van der Waals surface area (Å²) in [5.41, 5.74) is 0.928. The summed E-state index contributed by atoms with van der Waals surface area (Å²) in [6, 6.07) is 12.4. The van der Waals surface area contributed by atoms with Gasteiger partial charge in [0.1, 0.15) is 5.75 Å². The second-order valence-corrected chi connectivity index (χ2v) is 6.09. The molecule has 3 unspecified atom stereocenters.